The first-order valence-electron chi connectivity index (χ1n) is 6.04. The zero-order valence-electron chi connectivity index (χ0n) is 10.8. The van der Waals surface area contributed by atoms with Gasteiger partial charge in [0.1, 0.15) is 0 Å². The van der Waals surface area contributed by atoms with Crippen molar-refractivity contribution in [2.45, 2.75) is 13.3 Å². The summed E-state index contributed by atoms with van der Waals surface area (Å²) in [6, 6.07) is 8.50. The van der Waals surface area contributed by atoms with Crippen molar-refractivity contribution in [2.24, 2.45) is 0 Å². The highest BCUT2D eigenvalue weighted by molar-refractivity contribution is 7.12. The average Bonchev–Trinajstić information content (AvgIpc) is 2.96. The van der Waals surface area contributed by atoms with Gasteiger partial charge < -0.3 is 10.6 Å². The van der Waals surface area contributed by atoms with E-state index in [1.807, 2.05) is 5.38 Å². The number of hydrogen-bond acceptors (Lipinski definition) is 3. The van der Waals surface area contributed by atoms with E-state index >= 15 is 0 Å². The van der Waals surface area contributed by atoms with Crippen LogP contribution in [0.3, 0.4) is 0 Å². The lowest BCUT2D eigenvalue weighted by Crippen LogP contribution is -2.12. The molecule has 4 nitrogen and oxygen atoms in total. The molecule has 1 heterocycles. The Morgan fingerprint density at radius 3 is 2.70 bits per heavy atom. The molecule has 0 fully saturated rings. The van der Waals surface area contributed by atoms with E-state index in [2.05, 4.69) is 10.6 Å². The maximum Gasteiger partial charge on any atom is 0.265 e. The molecule has 0 unspecified atom stereocenters. The summed E-state index contributed by atoms with van der Waals surface area (Å²) in [7, 11) is 0. The van der Waals surface area contributed by atoms with Gasteiger partial charge in [-0.2, -0.15) is 0 Å². The van der Waals surface area contributed by atoms with Gasteiger partial charge in [0.2, 0.25) is 5.91 Å². The van der Waals surface area contributed by atoms with Crippen molar-refractivity contribution in [2.75, 3.05) is 10.6 Å². The molecular formula is C14H13ClN2O2S. The Kier molecular flexibility index (Phi) is 4.76. The van der Waals surface area contributed by atoms with Crippen LogP contribution in [-0.4, -0.2) is 11.8 Å². The van der Waals surface area contributed by atoms with Crippen LogP contribution in [0.4, 0.5) is 11.4 Å². The molecule has 20 heavy (non-hydrogen) atoms. The van der Waals surface area contributed by atoms with Crippen LogP contribution in [0, 0.1) is 0 Å². The minimum absolute atomic E-state index is 0.0946. The number of benzene rings is 1. The lowest BCUT2D eigenvalue weighted by atomic mass is 10.2. The minimum atomic E-state index is -0.221. The maximum absolute atomic E-state index is 12.0. The number of amides is 2. The van der Waals surface area contributed by atoms with Gasteiger partial charge >= 0.3 is 0 Å². The topological polar surface area (TPSA) is 58.2 Å². The molecule has 2 rings (SSSR count). The van der Waals surface area contributed by atoms with Crippen LogP contribution in [0.1, 0.15) is 23.0 Å². The number of thiophene rings is 1. The second-order valence-electron chi connectivity index (χ2n) is 4.03. The summed E-state index contributed by atoms with van der Waals surface area (Å²) < 4.78 is 0. The largest absolute Gasteiger partial charge is 0.326 e. The molecule has 0 atom stereocenters. The van der Waals surface area contributed by atoms with Crippen LogP contribution in [-0.2, 0) is 4.79 Å². The SMILES string of the molecule is CCC(=O)Nc1ccc(Cl)c(NC(=O)c2cccs2)c1. The van der Waals surface area contributed by atoms with Crippen molar-refractivity contribution in [3.05, 3.63) is 45.6 Å². The van der Waals surface area contributed by atoms with Crippen molar-refractivity contribution in [3.8, 4) is 0 Å². The molecule has 0 bridgehead atoms. The van der Waals surface area contributed by atoms with Crippen LogP contribution < -0.4 is 10.6 Å². The van der Waals surface area contributed by atoms with Crippen LogP contribution in [0.5, 0.6) is 0 Å². The van der Waals surface area contributed by atoms with E-state index in [0.717, 1.165) is 0 Å². The maximum atomic E-state index is 12.0. The normalized spacial score (nSPS) is 10.1. The number of rotatable bonds is 4. The van der Waals surface area contributed by atoms with Crippen LogP contribution in [0.2, 0.25) is 5.02 Å². The average molecular weight is 309 g/mol. The first kappa shape index (κ1) is 14.6. The van der Waals surface area contributed by atoms with Gasteiger partial charge in [-0.25, -0.2) is 0 Å². The smallest absolute Gasteiger partial charge is 0.265 e. The number of anilines is 2. The van der Waals surface area contributed by atoms with E-state index in [9.17, 15) is 9.59 Å². The third-order valence-corrected chi connectivity index (χ3v) is 3.76. The predicted molar refractivity (Wildman–Crippen MR) is 82.6 cm³/mol. The summed E-state index contributed by atoms with van der Waals surface area (Å²) in [6.07, 6.45) is 0.388. The monoisotopic (exact) mass is 308 g/mol. The number of hydrogen-bond donors (Lipinski definition) is 2. The summed E-state index contributed by atoms with van der Waals surface area (Å²) in [4.78, 5) is 23.9. The molecule has 0 radical (unpaired) electrons. The van der Waals surface area contributed by atoms with Crippen molar-refractivity contribution in [1.29, 1.82) is 0 Å². The zero-order chi connectivity index (χ0) is 14.5. The number of nitrogens with one attached hydrogen (secondary N) is 2. The van der Waals surface area contributed by atoms with Crippen molar-refractivity contribution in [3.63, 3.8) is 0 Å². The van der Waals surface area contributed by atoms with E-state index in [1.54, 1.807) is 37.3 Å². The third kappa shape index (κ3) is 3.59. The molecule has 104 valence electrons. The summed E-state index contributed by atoms with van der Waals surface area (Å²) in [5.41, 5.74) is 1.07. The molecule has 1 aromatic carbocycles. The lowest BCUT2D eigenvalue weighted by molar-refractivity contribution is -0.115. The Morgan fingerprint density at radius 1 is 1.25 bits per heavy atom. The van der Waals surface area contributed by atoms with Gasteiger partial charge in [-0.05, 0) is 29.6 Å². The Hall–Kier alpha value is -1.85. The molecule has 0 aliphatic heterocycles. The molecular weight excluding hydrogens is 296 g/mol. The van der Waals surface area contributed by atoms with E-state index in [1.165, 1.54) is 11.3 Å². The zero-order valence-corrected chi connectivity index (χ0v) is 12.3. The molecule has 2 aromatic rings. The Balaban J connectivity index is 2.16. The van der Waals surface area contributed by atoms with Crippen molar-refractivity contribution in [1.82, 2.24) is 0 Å². The van der Waals surface area contributed by atoms with Crippen LogP contribution in [0.25, 0.3) is 0 Å². The van der Waals surface area contributed by atoms with Gasteiger partial charge in [0.15, 0.2) is 0 Å². The molecule has 6 heteroatoms. The van der Waals surface area contributed by atoms with Gasteiger partial charge in [0.05, 0.1) is 15.6 Å². The lowest BCUT2D eigenvalue weighted by Gasteiger charge is -2.09. The van der Waals surface area contributed by atoms with Gasteiger partial charge in [-0.1, -0.05) is 24.6 Å². The predicted octanol–water partition coefficient (Wildman–Crippen LogP) is 4.00. The molecule has 2 N–H and O–H groups in total. The fourth-order valence-corrected chi connectivity index (χ4v) is 2.32. The fourth-order valence-electron chi connectivity index (χ4n) is 1.54. The molecule has 0 spiro atoms. The first-order valence-corrected chi connectivity index (χ1v) is 7.30. The molecule has 0 saturated carbocycles. The van der Waals surface area contributed by atoms with Gasteiger partial charge in [0, 0.05) is 12.1 Å². The Labute approximate surface area is 125 Å². The fraction of sp³-hybridized carbons (Fsp3) is 0.143. The minimum Gasteiger partial charge on any atom is -0.326 e. The molecule has 0 aliphatic rings. The third-order valence-electron chi connectivity index (χ3n) is 2.56. The van der Waals surface area contributed by atoms with Gasteiger partial charge in [-0.3, -0.25) is 9.59 Å². The first-order chi connectivity index (χ1) is 9.60. The van der Waals surface area contributed by atoms with Crippen molar-refractivity contribution >= 4 is 46.1 Å². The standard InChI is InChI=1S/C14H13ClN2O2S/c1-2-13(18)16-9-5-6-10(15)11(8-9)17-14(19)12-4-3-7-20-12/h3-8H,2H2,1H3,(H,16,18)(H,17,19). The van der Waals surface area contributed by atoms with E-state index in [4.69, 9.17) is 11.6 Å². The van der Waals surface area contributed by atoms with Gasteiger partial charge in [0.25, 0.3) is 5.91 Å². The summed E-state index contributed by atoms with van der Waals surface area (Å²) in [5.74, 6) is -0.316. The van der Waals surface area contributed by atoms with Crippen molar-refractivity contribution < 1.29 is 9.59 Å². The number of halogens is 1. The molecule has 0 aliphatic carbocycles. The highest BCUT2D eigenvalue weighted by Crippen LogP contribution is 2.26. The molecule has 1 aromatic heterocycles. The van der Waals surface area contributed by atoms with E-state index in [-0.39, 0.29) is 11.8 Å². The number of carbonyl (C=O) groups excluding carboxylic acids is 2. The second kappa shape index (κ2) is 6.54. The second-order valence-corrected chi connectivity index (χ2v) is 5.38. The summed E-state index contributed by atoms with van der Waals surface area (Å²) in [5, 5.41) is 7.70. The molecule has 2 amide bonds. The number of carbonyl (C=O) groups is 2. The van der Waals surface area contributed by atoms with E-state index < -0.39 is 0 Å². The van der Waals surface area contributed by atoms with Crippen LogP contribution in [0.15, 0.2) is 35.7 Å². The summed E-state index contributed by atoms with van der Waals surface area (Å²) >= 11 is 7.40. The Bertz CT molecular complexity index is 626. The quantitative estimate of drug-likeness (QED) is 0.897. The highest BCUT2D eigenvalue weighted by Gasteiger charge is 2.10. The highest BCUT2D eigenvalue weighted by atomic mass is 35.5. The Morgan fingerprint density at radius 2 is 2.05 bits per heavy atom. The van der Waals surface area contributed by atoms with Gasteiger partial charge in [-0.15, -0.1) is 11.3 Å². The van der Waals surface area contributed by atoms with Crippen LogP contribution >= 0.6 is 22.9 Å². The molecule has 0 saturated heterocycles. The van der Waals surface area contributed by atoms with E-state index in [0.29, 0.717) is 27.7 Å². The summed E-state index contributed by atoms with van der Waals surface area (Å²) in [6.45, 7) is 1.77.